The molecule has 4 heteroatoms. The predicted molar refractivity (Wildman–Crippen MR) is 89.0 cm³/mol. The molecule has 2 atom stereocenters. The van der Waals surface area contributed by atoms with Gasteiger partial charge < -0.3 is 10.1 Å². The van der Waals surface area contributed by atoms with E-state index in [9.17, 15) is 4.79 Å². The number of hydrogen-bond acceptors (Lipinski definition) is 4. The van der Waals surface area contributed by atoms with Crippen LogP contribution in [0.25, 0.3) is 0 Å². The quantitative estimate of drug-likeness (QED) is 0.869. The summed E-state index contributed by atoms with van der Waals surface area (Å²) in [5.74, 6) is -0.281. The molecule has 0 radical (unpaired) electrons. The SMILES string of the molecule is CC(C)(C)OC(=O)[C@]1(C)N=CN[C@@]1(C)CCc1ccccc1. The summed E-state index contributed by atoms with van der Waals surface area (Å²) in [6, 6.07) is 10.3. The van der Waals surface area contributed by atoms with Crippen LogP contribution >= 0.6 is 0 Å². The summed E-state index contributed by atoms with van der Waals surface area (Å²) in [5, 5.41) is 3.27. The van der Waals surface area contributed by atoms with E-state index in [1.807, 2.05) is 52.8 Å². The van der Waals surface area contributed by atoms with Gasteiger partial charge in [0, 0.05) is 0 Å². The number of benzene rings is 1. The van der Waals surface area contributed by atoms with Crippen LogP contribution < -0.4 is 5.32 Å². The lowest BCUT2D eigenvalue weighted by Gasteiger charge is -2.38. The highest BCUT2D eigenvalue weighted by Crippen LogP contribution is 2.35. The number of carbonyl (C=O) groups excluding carboxylic acids is 1. The molecule has 0 aromatic heterocycles. The average Bonchev–Trinajstić information content (AvgIpc) is 2.74. The minimum absolute atomic E-state index is 0.281. The molecule has 0 saturated heterocycles. The van der Waals surface area contributed by atoms with Crippen LogP contribution in [0.1, 0.15) is 46.6 Å². The number of esters is 1. The Hall–Kier alpha value is -1.84. The molecule has 4 nitrogen and oxygen atoms in total. The van der Waals surface area contributed by atoms with Crippen LogP contribution in [0.15, 0.2) is 35.3 Å². The molecule has 0 aliphatic carbocycles. The number of carbonyl (C=O) groups is 1. The molecule has 1 aliphatic heterocycles. The van der Waals surface area contributed by atoms with Crippen LogP contribution in [-0.4, -0.2) is 29.0 Å². The minimum atomic E-state index is -0.908. The van der Waals surface area contributed by atoms with Crippen molar-refractivity contribution in [3.8, 4) is 0 Å². The third-order valence-electron chi connectivity index (χ3n) is 4.33. The van der Waals surface area contributed by atoms with Crippen LogP contribution in [0.4, 0.5) is 0 Å². The van der Waals surface area contributed by atoms with Crippen molar-refractivity contribution in [3.63, 3.8) is 0 Å². The lowest BCUT2D eigenvalue weighted by atomic mass is 9.77. The van der Waals surface area contributed by atoms with Crippen molar-refractivity contribution < 1.29 is 9.53 Å². The first-order valence-electron chi connectivity index (χ1n) is 7.75. The van der Waals surface area contributed by atoms with Gasteiger partial charge in [-0.05, 0) is 53.0 Å². The van der Waals surface area contributed by atoms with Gasteiger partial charge >= 0.3 is 5.97 Å². The Morgan fingerprint density at radius 3 is 2.45 bits per heavy atom. The van der Waals surface area contributed by atoms with E-state index in [1.54, 1.807) is 6.34 Å². The molecule has 22 heavy (non-hydrogen) atoms. The lowest BCUT2D eigenvalue weighted by molar-refractivity contribution is -0.163. The Kier molecular flexibility index (Phi) is 4.32. The smallest absolute Gasteiger partial charge is 0.336 e. The van der Waals surface area contributed by atoms with E-state index in [2.05, 4.69) is 22.4 Å². The maximum absolute atomic E-state index is 12.6. The first kappa shape index (κ1) is 16.5. The molecule has 0 unspecified atom stereocenters. The first-order valence-corrected chi connectivity index (χ1v) is 7.75. The van der Waals surface area contributed by atoms with Crippen LogP contribution in [0, 0.1) is 0 Å². The zero-order valence-electron chi connectivity index (χ0n) is 14.1. The zero-order valence-corrected chi connectivity index (χ0v) is 14.1. The molecule has 0 saturated carbocycles. The summed E-state index contributed by atoms with van der Waals surface area (Å²) in [6.45, 7) is 9.51. The fourth-order valence-electron chi connectivity index (χ4n) is 2.60. The molecular formula is C18H26N2O2. The number of nitrogens with zero attached hydrogens (tertiary/aromatic N) is 1. The Morgan fingerprint density at radius 2 is 1.86 bits per heavy atom. The standard InChI is InChI=1S/C18H26N2O2/c1-16(2,3)22-15(21)18(5)17(4,19-13-20-18)12-11-14-9-7-6-8-10-14/h6-10,13H,11-12H2,1-5H3,(H,19,20)/t17-,18-/m0/s1. The Bertz CT molecular complexity index is 562. The fraction of sp³-hybridized carbons (Fsp3) is 0.556. The van der Waals surface area contributed by atoms with Crippen molar-refractivity contribution in [1.82, 2.24) is 5.32 Å². The Balaban J connectivity index is 2.13. The molecule has 2 rings (SSSR count). The van der Waals surface area contributed by atoms with Crippen LogP contribution in [-0.2, 0) is 16.0 Å². The molecule has 1 N–H and O–H groups in total. The van der Waals surface area contributed by atoms with Gasteiger partial charge in [0.05, 0.1) is 11.9 Å². The van der Waals surface area contributed by atoms with Gasteiger partial charge in [-0.2, -0.15) is 0 Å². The monoisotopic (exact) mass is 302 g/mol. The van der Waals surface area contributed by atoms with Crippen molar-refractivity contribution in [1.29, 1.82) is 0 Å². The van der Waals surface area contributed by atoms with Gasteiger partial charge in [0.1, 0.15) is 5.60 Å². The normalized spacial score (nSPS) is 27.5. The highest BCUT2D eigenvalue weighted by Gasteiger charge is 2.54. The molecule has 1 aromatic carbocycles. The summed E-state index contributed by atoms with van der Waals surface area (Å²) in [4.78, 5) is 17.0. The average molecular weight is 302 g/mol. The number of hydrogen-bond donors (Lipinski definition) is 1. The van der Waals surface area contributed by atoms with Gasteiger partial charge in [-0.15, -0.1) is 0 Å². The largest absolute Gasteiger partial charge is 0.458 e. The molecule has 0 spiro atoms. The maximum atomic E-state index is 12.6. The second kappa shape index (κ2) is 5.75. The summed E-state index contributed by atoms with van der Waals surface area (Å²) >= 11 is 0. The summed E-state index contributed by atoms with van der Waals surface area (Å²) in [5.41, 5.74) is -0.623. The summed E-state index contributed by atoms with van der Waals surface area (Å²) in [7, 11) is 0. The zero-order chi connectivity index (χ0) is 16.4. The van der Waals surface area contributed by atoms with Gasteiger partial charge in [-0.1, -0.05) is 30.3 Å². The molecule has 0 fully saturated rings. The molecule has 1 heterocycles. The molecule has 1 aliphatic rings. The third-order valence-corrected chi connectivity index (χ3v) is 4.33. The van der Waals surface area contributed by atoms with E-state index in [0.29, 0.717) is 0 Å². The Morgan fingerprint density at radius 1 is 1.23 bits per heavy atom. The minimum Gasteiger partial charge on any atom is -0.458 e. The van der Waals surface area contributed by atoms with Gasteiger partial charge in [-0.25, -0.2) is 4.79 Å². The predicted octanol–water partition coefficient (Wildman–Crippen LogP) is 3.11. The van der Waals surface area contributed by atoms with E-state index in [4.69, 9.17) is 4.74 Å². The number of ether oxygens (including phenoxy) is 1. The van der Waals surface area contributed by atoms with Crippen molar-refractivity contribution in [2.75, 3.05) is 0 Å². The molecule has 0 amide bonds. The van der Waals surface area contributed by atoms with Gasteiger partial charge in [0.25, 0.3) is 0 Å². The van der Waals surface area contributed by atoms with Crippen molar-refractivity contribution in [3.05, 3.63) is 35.9 Å². The van der Waals surface area contributed by atoms with E-state index in [-0.39, 0.29) is 5.97 Å². The first-order chi connectivity index (χ1) is 10.2. The molecule has 1 aromatic rings. The van der Waals surface area contributed by atoms with Crippen LogP contribution in [0.2, 0.25) is 0 Å². The van der Waals surface area contributed by atoms with Crippen molar-refractivity contribution in [2.24, 2.45) is 4.99 Å². The summed E-state index contributed by atoms with van der Waals surface area (Å²) in [6.07, 6.45) is 3.31. The Labute approximate surface area is 133 Å². The maximum Gasteiger partial charge on any atom is 0.336 e. The van der Waals surface area contributed by atoms with E-state index >= 15 is 0 Å². The van der Waals surface area contributed by atoms with E-state index < -0.39 is 16.7 Å². The fourth-order valence-corrected chi connectivity index (χ4v) is 2.60. The highest BCUT2D eigenvalue weighted by atomic mass is 16.6. The number of aryl methyl sites for hydroxylation is 1. The lowest BCUT2D eigenvalue weighted by Crippen LogP contribution is -2.59. The third kappa shape index (κ3) is 3.32. The second-order valence-electron chi connectivity index (χ2n) is 7.29. The van der Waals surface area contributed by atoms with Crippen LogP contribution in [0.5, 0.6) is 0 Å². The van der Waals surface area contributed by atoms with Crippen molar-refractivity contribution >= 4 is 12.3 Å². The summed E-state index contributed by atoms with van der Waals surface area (Å²) < 4.78 is 5.58. The molecule has 0 bridgehead atoms. The molecule has 120 valence electrons. The molecular weight excluding hydrogens is 276 g/mol. The number of nitrogens with one attached hydrogen (secondary N) is 1. The van der Waals surface area contributed by atoms with Gasteiger partial charge in [0.15, 0.2) is 5.54 Å². The van der Waals surface area contributed by atoms with Crippen molar-refractivity contribution in [2.45, 2.75) is 64.1 Å². The topological polar surface area (TPSA) is 50.7 Å². The van der Waals surface area contributed by atoms with Gasteiger partial charge in [-0.3, -0.25) is 4.99 Å². The highest BCUT2D eigenvalue weighted by molar-refractivity contribution is 5.87. The second-order valence-corrected chi connectivity index (χ2v) is 7.29. The number of aliphatic imine (C=N–C) groups is 1. The van der Waals surface area contributed by atoms with E-state index in [0.717, 1.165) is 12.8 Å². The number of rotatable bonds is 4. The van der Waals surface area contributed by atoms with E-state index in [1.165, 1.54) is 5.56 Å². The van der Waals surface area contributed by atoms with Gasteiger partial charge in [0.2, 0.25) is 0 Å². The van der Waals surface area contributed by atoms with Crippen LogP contribution in [0.3, 0.4) is 0 Å².